The highest BCUT2D eigenvalue weighted by molar-refractivity contribution is 7.86. The van der Waals surface area contributed by atoms with Crippen molar-refractivity contribution in [3.8, 4) is 0 Å². The summed E-state index contributed by atoms with van der Waals surface area (Å²) in [4.78, 5) is 12.4. The summed E-state index contributed by atoms with van der Waals surface area (Å²) in [7, 11) is -4.16. The minimum atomic E-state index is -4.16. The van der Waals surface area contributed by atoms with Crippen LogP contribution in [-0.2, 0) is 29.6 Å². The van der Waals surface area contributed by atoms with E-state index in [-0.39, 0.29) is 10.6 Å². The van der Waals surface area contributed by atoms with Crippen LogP contribution in [0, 0.1) is 5.82 Å². The number of Topliss-reactive ketones (excluding diaryl/α,β-unsaturated/α-hetero) is 1. The number of carbonyl (C=O) groups is 1. The van der Waals surface area contributed by atoms with Crippen LogP contribution >= 0.6 is 11.6 Å². The summed E-state index contributed by atoms with van der Waals surface area (Å²) < 4.78 is 48.4. The van der Waals surface area contributed by atoms with E-state index in [1.165, 1.54) is 12.1 Å². The Balaban J connectivity index is 1.80. The maximum absolute atomic E-state index is 14.0. The molecule has 0 bridgehead atoms. The lowest BCUT2D eigenvalue weighted by Crippen LogP contribution is -2.16. The van der Waals surface area contributed by atoms with E-state index in [1.54, 1.807) is 30.3 Å². The Kier molecular flexibility index (Phi) is 4.88. The lowest BCUT2D eigenvalue weighted by molar-refractivity contribution is -0.123. The average Bonchev–Trinajstić information content (AvgIpc) is 2.83. The van der Waals surface area contributed by atoms with Gasteiger partial charge in [-0.2, -0.15) is 8.42 Å². The fraction of sp³-hybridized carbons (Fsp3) is 0.118. The lowest BCUT2D eigenvalue weighted by Gasteiger charge is -2.11. The smallest absolute Gasteiger partial charge is 0.313 e. The highest BCUT2D eigenvalue weighted by atomic mass is 35.5. The van der Waals surface area contributed by atoms with Gasteiger partial charge < -0.3 is 14.7 Å². The molecule has 2 aromatic carbocycles. The number of halogens is 2. The molecule has 0 aromatic heterocycles. The van der Waals surface area contributed by atoms with Gasteiger partial charge in [0.05, 0.1) is 0 Å². The molecule has 1 aliphatic rings. The molecule has 0 saturated heterocycles. The van der Waals surface area contributed by atoms with Crippen molar-refractivity contribution in [1.29, 1.82) is 0 Å². The third kappa shape index (κ3) is 3.81. The Morgan fingerprint density at radius 2 is 1.88 bits per heavy atom. The van der Waals surface area contributed by atoms with Crippen LogP contribution in [0.2, 0.25) is 5.02 Å². The van der Waals surface area contributed by atoms with Crippen LogP contribution in [0.5, 0.6) is 0 Å². The van der Waals surface area contributed by atoms with Crippen molar-refractivity contribution >= 4 is 27.5 Å². The van der Waals surface area contributed by atoms with Crippen molar-refractivity contribution < 1.29 is 26.5 Å². The average molecular weight is 398 g/mol. The summed E-state index contributed by atoms with van der Waals surface area (Å²) >= 11 is 5.68. The summed E-state index contributed by atoms with van der Waals surface area (Å²) in [5.74, 6) is -3.32. The van der Waals surface area contributed by atoms with Crippen LogP contribution in [0.25, 0.3) is 0 Å². The van der Waals surface area contributed by atoms with E-state index in [9.17, 15) is 17.6 Å². The zero-order valence-electron chi connectivity index (χ0n) is 13.2. The Hall–Kier alpha value is -2.58. The molecule has 136 valence electrons. The van der Waals surface area contributed by atoms with Crippen molar-refractivity contribution in [2.75, 3.05) is 0 Å². The van der Waals surface area contributed by atoms with E-state index >= 15 is 0 Å². The summed E-state index contributed by atoms with van der Waals surface area (Å²) in [5, 5.41) is 0.138. The van der Waals surface area contributed by atoms with E-state index < -0.39 is 45.2 Å². The van der Waals surface area contributed by atoms with Gasteiger partial charge >= 0.3 is 10.1 Å². The van der Waals surface area contributed by atoms with Gasteiger partial charge in [0.1, 0.15) is 11.6 Å². The molecule has 1 atom stereocenters. The highest BCUT2D eigenvalue weighted by Gasteiger charge is 2.40. The first-order valence-electron chi connectivity index (χ1n) is 7.38. The summed E-state index contributed by atoms with van der Waals surface area (Å²) in [6.07, 6.45) is -1.44. The summed E-state index contributed by atoms with van der Waals surface area (Å²) in [6, 6.07) is 11.9. The molecule has 0 radical (unpaired) electrons. The first kappa shape index (κ1) is 18.2. The Bertz CT molecular complexity index is 991. The number of nitrogens with two attached hydrogens (primary N) is 1. The summed E-state index contributed by atoms with van der Waals surface area (Å²) in [5.41, 5.74) is 5.92. The third-order valence-corrected chi connectivity index (χ3v) is 4.91. The molecule has 0 fully saturated rings. The second-order valence-corrected chi connectivity index (χ2v) is 7.50. The van der Waals surface area contributed by atoms with E-state index in [2.05, 4.69) is 0 Å². The number of hydrogen-bond acceptors (Lipinski definition) is 6. The maximum Gasteiger partial charge on any atom is 0.313 e. The fourth-order valence-corrected chi connectivity index (χ4v) is 3.65. The molecule has 9 heteroatoms. The molecule has 1 aliphatic heterocycles. The molecule has 0 spiro atoms. The molecule has 1 heterocycles. The van der Waals surface area contributed by atoms with Crippen LogP contribution in [0.15, 0.2) is 60.2 Å². The molecule has 0 saturated carbocycles. The van der Waals surface area contributed by atoms with Crippen LogP contribution in [0.3, 0.4) is 0 Å². The van der Waals surface area contributed by atoms with Gasteiger partial charge in [0.25, 0.3) is 0 Å². The molecule has 3 rings (SSSR count). The SMILES string of the molecule is NC1=C(OS(=O)(=O)Cc2ccccc2)C(=O)C(c2ccc(Cl)cc2F)O1. The second kappa shape index (κ2) is 6.97. The van der Waals surface area contributed by atoms with Gasteiger partial charge in [0, 0.05) is 10.6 Å². The number of benzene rings is 2. The number of carbonyl (C=O) groups excluding carboxylic acids is 1. The van der Waals surface area contributed by atoms with Gasteiger partial charge in [-0.25, -0.2) is 4.39 Å². The first-order valence-corrected chi connectivity index (χ1v) is 9.34. The number of ether oxygens (including phenoxy) is 1. The van der Waals surface area contributed by atoms with Crippen molar-refractivity contribution in [1.82, 2.24) is 0 Å². The van der Waals surface area contributed by atoms with E-state index in [1.807, 2.05) is 0 Å². The van der Waals surface area contributed by atoms with E-state index in [4.69, 9.17) is 26.3 Å². The lowest BCUT2D eigenvalue weighted by atomic mass is 10.1. The molecule has 0 aliphatic carbocycles. The third-order valence-electron chi connectivity index (χ3n) is 3.57. The first-order chi connectivity index (χ1) is 12.3. The molecule has 2 aromatic rings. The quantitative estimate of drug-likeness (QED) is 0.779. The van der Waals surface area contributed by atoms with Crippen molar-refractivity contribution in [2.45, 2.75) is 11.9 Å². The van der Waals surface area contributed by atoms with E-state index in [0.29, 0.717) is 5.56 Å². The Morgan fingerprint density at radius 3 is 2.54 bits per heavy atom. The number of rotatable bonds is 5. The van der Waals surface area contributed by atoms with Crippen LogP contribution in [0.1, 0.15) is 17.2 Å². The van der Waals surface area contributed by atoms with Crippen molar-refractivity contribution in [2.24, 2.45) is 5.73 Å². The molecule has 26 heavy (non-hydrogen) atoms. The van der Waals surface area contributed by atoms with Crippen LogP contribution in [-0.4, -0.2) is 14.2 Å². The van der Waals surface area contributed by atoms with Crippen molar-refractivity contribution in [3.05, 3.63) is 82.1 Å². The maximum atomic E-state index is 14.0. The topological polar surface area (TPSA) is 95.7 Å². The van der Waals surface area contributed by atoms with Gasteiger partial charge in [-0.05, 0) is 17.7 Å². The van der Waals surface area contributed by atoms with Crippen LogP contribution in [0.4, 0.5) is 4.39 Å². The van der Waals surface area contributed by atoms with Gasteiger partial charge in [-0.15, -0.1) is 0 Å². The van der Waals surface area contributed by atoms with Gasteiger partial charge in [0.15, 0.2) is 6.10 Å². The molecule has 6 nitrogen and oxygen atoms in total. The standard InChI is InChI=1S/C17H13ClFNO5S/c18-11-6-7-12(13(19)8-11)15-14(21)16(17(20)24-15)25-26(22,23)9-10-4-2-1-3-5-10/h1-8,15H,9,20H2. The van der Waals surface area contributed by atoms with E-state index in [0.717, 1.165) is 6.07 Å². The largest absolute Gasteiger partial charge is 0.460 e. The Morgan fingerprint density at radius 1 is 1.19 bits per heavy atom. The van der Waals surface area contributed by atoms with Gasteiger partial charge in [0.2, 0.25) is 17.4 Å². The van der Waals surface area contributed by atoms with Crippen LogP contribution < -0.4 is 5.73 Å². The highest BCUT2D eigenvalue weighted by Crippen LogP contribution is 2.34. The number of ketones is 1. The Labute approximate surface area is 154 Å². The predicted octanol–water partition coefficient (Wildman–Crippen LogP) is 2.79. The zero-order chi connectivity index (χ0) is 18.9. The minimum absolute atomic E-state index is 0.124. The molecule has 2 N–H and O–H groups in total. The minimum Gasteiger partial charge on any atom is -0.460 e. The number of hydrogen-bond donors (Lipinski definition) is 1. The predicted molar refractivity (Wildman–Crippen MR) is 91.6 cm³/mol. The molecular formula is C17H13ClFNO5S. The van der Waals surface area contributed by atoms with Gasteiger partial charge in [-0.3, -0.25) is 4.79 Å². The second-order valence-electron chi connectivity index (χ2n) is 5.49. The fourth-order valence-electron chi connectivity index (χ4n) is 2.41. The monoisotopic (exact) mass is 397 g/mol. The molecular weight excluding hydrogens is 385 g/mol. The van der Waals surface area contributed by atoms with Crippen molar-refractivity contribution in [3.63, 3.8) is 0 Å². The molecule has 1 unspecified atom stereocenters. The summed E-state index contributed by atoms with van der Waals surface area (Å²) in [6.45, 7) is 0. The normalized spacial score (nSPS) is 17.3. The molecule has 0 amide bonds. The van der Waals surface area contributed by atoms with Gasteiger partial charge in [-0.1, -0.05) is 48.0 Å². The zero-order valence-corrected chi connectivity index (χ0v) is 14.8.